The fourth-order valence-electron chi connectivity index (χ4n) is 2.80. The van der Waals surface area contributed by atoms with Gasteiger partial charge in [0.2, 0.25) is 0 Å². The van der Waals surface area contributed by atoms with E-state index in [2.05, 4.69) is 19.0 Å². The van der Waals surface area contributed by atoms with Gasteiger partial charge in [0.15, 0.2) is 0 Å². The fourth-order valence-corrected chi connectivity index (χ4v) is 2.80. The van der Waals surface area contributed by atoms with Gasteiger partial charge in [0.25, 0.3) is 5.91 Å². The number of carbonyl (C=O) groups is 2. The summed E-state index contributed by atoms with van der Waals surface area (Å²) in [4.78, 5) is 27.6. The van der Waals surface area contributed by atoms with Crippen molar-refractivity contribution in [2.75, 3.05) is 27.2 Å². The Kier molecular flexibility index (Phi) is 4.63. The van der Waals surface area contributed by atoms with Crippen LogP contribution in [0, 0.1) is 6.92 Å². The molecule has 1 aliphatic heterocycles. The van der Waals surface area contributed by atoms with E-state index in [4.69, 9.17) is 5.11 Å². The van der Waals surface area contributed by atoms with E-state index < -0.39 is 5.97 Å². The van der Waals surface area contributed by atoms with Crippen LogP contribution in [0.25, 0.3) is 0 Å². The molecule has 0 bridgehead atoms. The van der Waals surface area contributed by atoms with E-state index in [1.165, 1.54) is 6.07 Å². The number of aromatic carboxylic acids is 1. The first-order valence-electron chi connectivity index (χ1n) is 7.19. The molecule has 0 atom stereocenters. The normalized spacial score (nSPS) is 16.3. The summed E-state index contributed by atoms with van der Waals surface area (Å²) in [7, 11) is 4.11. The van der Waals surface area contributed by atoms with Crippen LogP contribution in [-0.2, 0) is 0 Å². The van der Waals surface area contributed by atoms with Gasteiger partial charge in [0.1, 0.15) is 0 Å². The maximum Gasteiger partial charge on any atom is 0.335 e. The second-order valence-electron chi connectivity index (χ2n) is 5.88. The molecule has 1 heterocycles. The van der Waals surface area contributed by atoms with E-state index in [-0.39, 0.29) is 11.5 Å². The Morgan fingerprint density at radius 1 is 1.14 bits per heavy atom. The summed E-state index contributed by atoms with van der Waals surface area (Å²) in [6.07, 6.45) is 1.91. The van der Waals surface area contributed by atoms with Crippen LogP contribution in [0.1, 0.15) is 39.1 Å². The number of hydrogen-bond donors (Lipinski definition) is 1. The molecule has 0 saturated carbocycles. The van der Waals surface area contributed by atoms with Crippen LogP contribution in [0.2, 0.25) is 0 Å². The molecule has 0 radical (unpaired) electrons. The van der Waals surface area contributed by atoms with E-state index in [0.29, 0.717) is 11.6 Å². The summed E-state index contributed by atoms with van der Waals surface area (Å²) in [5.41, 5.74) is 1.43. The molecule has 0 aromatic heterocycles. The number of nitrogens with zero attached hydrogens (tertiary/aromatic N) is 2. The molecule has 1 aliphatic rings. The number of piperidine rings is 1. The molecule has 2 rings (SSSR count). The van der Waals surface area contributed by atoms with Gasteiger partial charge in [-0.15, -0.1) is 0 Å². The Hall–Kier alpha value is -1.88. The van der Waals surface area contributed by atoms with Gasteiger partial charge in [0.05, 0.1) is 5.56 Å². The first-order chi connectivity index (χ1) is 9.88. The predicted molar refractivity (Wildman–Crippen MR) is 80.8 cm³/mol. The van der Waals surface area contributed by atoms with Gasteiger partial charge in [-0.2, -0.15) is 0 Å². The van der Waals surface area contributed by atoms with E-state index in [1.54, 1.807) is 12.1 Å². The lowest BCUT2D eigenvalue weighted by Gasteiger charge is -2.35. The maximum atomic E-state index is 12.5. The summed E-state index contributed by atoms with van der Waals surface area (Å²) in [6.45, 7) is 3.25. The van der Waals surface area contributed by atoms with Crippen molar-refractivity contribution in [2.24, 2.45) is 0 Å². The third-order valence-electron chi connectivity index (χ3n) is 4.05. The molecular weight excluding hydrogens is 268 g/mol. The number of carbonyl (C=O) groups excluding carboxylic acids is 1. The van der Waals surface area contributed by atoms with Crippen molar-refractivity contribution in [3.05, 3.63) is 34.9 Å². The fraction of sp³-hybridized carbons (Fsp3) is 0.500. The molecule has 0 spiro atoms. The average molecular weight is 290 g/mol. The number of carboxylic acid groups (broad SMARTS) is 1. The zero-order valence-corrected chi connectivity index (χ0v) is 12.8. The van der Waals surface area contributed by atoms with Crippen LogP contribution in [0.5, 0.6) is 0 Å². The number of carboxylic acids is 1. The molecule has 5 heteroatoms. The molecule has 1 N–H and O–H groups in total. The molecule has 5 nitrogen and oxygen atoms in total. The Bertz CT molecular complexity index is 546. The second-order valence-corrected chi connectivity index (χ2v) is 5.88. The van der Waals surface area contributed by atoms with E-state index in [1.807, 2.05) is 11.8 Å². The summed E-state index contributed by atoms with van der Waals surface area (Å²) in [5, 5.41) is 9.09. The van der Waals surface area contributed by atoms with Gasteiger partial charge >= 0.3 is 5.97 Å². The van der Waals surface area contributed by atoms with Crippen molar-refractivity contribution in [1.29, 1.82) is 0 Å². The topological polar surface area (TPSA) is 60.9 Å². The van der Waals surface area contributed by atoms with Gasteiger partial charge in [-0.3, -0.25) is 4.79 Å². The highest BCUT2D eigenvalue weighted by molar-refractivity contribution is 5.97. The molecular formula is C16H22N2O3. The zero-order chi connectivity index (χ0) is 15.6. The van der Waals surface area contributed by atoms with Gasteiger partial charge in [-0.05, 0) is 57.6 Å². The molecule has 114 valence electrons. The lowest BCUT2D eigenvalue weighted by Crippen LogP contribution is -2.44. The van der Waals surface area contributed by atoms with Gasteiger partial charge in [0, 0.05) is 24.7 Å². The van der Waals surface area contributed by atoms with E-state index >= 15 is 0 Å². The lowest BCUT2D eigenvalue weighted by molar-refractivity contribution is 0.0663. The average Bonchev–Trinajstić information content (AvgIpc) is 2.45. The molecule has 1 aromatic rings. The lowest BCUT2D eigenvalue weighted by atomic mass is 10.0. The monoisotopic (exact) mass is 290 g/mol. The number of benzene rings is 1. The van der Waals surface area contributed by atoms with Crippen molar-refractivity contribution >= 4 is 11.9 Å². The van der Waals surface area contributed by atoms with Crippen LogP contribution in [-0.4, -0.2) is 60.0 Å². The van der Waals surface area contributed by atoms with Crippen molar-refractivity contribution in [2.45, 2.75) is 25.8 Å². The third kappa shape index (κ3) is 3.61. The summed E-state index contributed by atoms with van der Waals surface area (Å²) in [6, 6.07) is 5.32. The maximum absolute atomic E-state index is 12.5. The highest BCUT2D eigenvalue weighted by atomic mass is 16.4. The van der Waals surface area contributed by atoms with Crippen molar-refractivity contribution in [3.63, 3.8) is 0 Å². The van der Waals surface area contributed by atoms with Crippen molar-refractivity contribution in [1.82, 2.24) is 9.80 Å². The molecule has 0 unspecified atom stereocenters. The van der Waals surface area contributed by atoms with Crippen LogP contribution in [0.3, 0.4) is 0 Å². The SMILES string of the molecule is Cc1cc(C(=O)O)cc(C(=O)N2CCC(N(C)C)CC2)c1. The molecule has 1 saturated heterocycles. The molecule has 21 heavy (non-hydrogen) atoms. The number of amides is 1. The van der Waals surface area contributed by atoms with Crippen LogP contribution in [0.4, 0.5) is 0 Å². The standard InChI is InChI=1S/C16H22N2O3/c1-11-8-12(10-13(9-11)16(20)21)15(19)18-6-4-14(5-7-18)17(2)3/h8-10,14H,4-7H2,1-3H3,(H,20,21). The Morgan fingerprint density at radius 3 is 2.24 bits per heavy atom. The number of likely N-dealkylation sites (tertiary alicyclic amines) is 1. The van der Waals surface area contributed by atoms with Crippen LogP contribution in [0.15, 0.2) is 18.2 Å². The van der Waals surface area contributed by atoms with E-state index in [0.717, 1.165) is 31.5 Å². The van der Waals surface area contributed by atoms with Gasteiger partial charge < -0.3 is 14.9 Å². The first kappa shape index (κ1) is 15.5. The van der Waals surface area contributed by atoms with Gasteiger partial charge in [-0.25, -0.2) is 4.79 Å². The summed E-state index contributed by atoms with van der Waals surface area (Å²) >= 11 is 0. The third-order valence-corrected chi connectivity index (χ3v) is 4.05. The van der Waals surface area contributed by atoms with Gasteiger partial charge in [-0.1, -0.05) is 0 Å². The number of hydrogen-bond acceptors (Lipinski definition) is 3. The molecule has 1 amide bonds. The van der Waals surface area contributed by atoms with Crippen molar-refractivity contribution in [3.8, 4) is 0 Å². The minimum absolute atomic E-state index is 0.0709. The van der Waals surface area contributed by atoms with Crippen LogP contribution < -0.4 is 0 Å². The Balaban J connectivity index is 2.12. The minimum atomic E-state index is -1.00. The minimum Gasteiger partial charge on any atom is -0.478 e. The number of aryl methyl sites for hydroxylation is 1. The predicted octanol–water partition coefficient (Wildman–Crippen LogP) is 1.86. The first-order valence-corrected chi connectivity index (χ1v) is 7.19. The molecule has 0 aliphatic carbocycles. The summed E-state index contributed by atoms with van der Waals surface area (Å²) < 4.78 is 0. The summed E-state index contributed by atoms with van der Waals surface area (Å²) in [5.74, 6) is -1.07. The zero-order valence-electron chi connectivity index (χ0n) is 12.8. The van der Waals surface area contributed by atoms with E-state index in [9.17, 15) is 9.59 Å². The Labute approximate surface area is 125 Å². The highest BCUT2D eigenvalue weighted by Crippen LogP contribution is 2.18. The molecule has 1 fully saturated rings. The smallest absolute Gasteiger partial charge is 0.335 e. The van der Waals surface area contributed by atoms with Crippen molar-refractivity contribution < 1.29 is 14.7 Å². The highest BCUT2D eigenvalue weighted by Gasteiger charge is 2.25. The quantitative estimate of drug-likeness (QED) is 0.923. The van der Waals surface area contributed by atoms with Crippen LogP contribution >= 0.6 is 0 Å². The largest absolute Gasteiger partial charge is 0.478 e. The molecule has 1 aromatic carbocycles. The Morgan fingerprint density at radius 2 is 1.71 bits per heavy atom. The number of rotatable bonds is 3. The second kappa shape index (κ2) is 6.26.